The number of nitrogens with one attached hydrogen (secondary N) is 1. The van der Waals surface area contributed by atoms with Crippen molar-refractivity contribution < 1.29 is 18.0 Å². The number of unbranched alkanes of at least 4 members (excludes halogenated alkanes) is 1. The molecule has 0 saturated carbocycles. The molecule has 2 aromatic rings. The highest BCUT2D eigenvalue weighted by atomic mass is 79.9. The number of halogens is 4. The number of carbonyl (C=O) groups is 1. The summed E-state index contributed by atoms with van der Waals surface area (Å²) in [6.07, 6.45) is -2.11. The van der Waals surface area contributed by atoms with E-state index < -0.39 is 17.6 Å². The molecule has 0 aromatic heterocycles. The number of benzene rings is 2. The van der Waals surface area contributed by atoms with Crippen LogP contribution in [-0.4, -0.2) is 44.0 Å². The molecule has 8 heteroatoms. The Morgan fingerprint density at radius 2 is 1.71 bits per heavy atom. The van der Waals surface area contributed by atoms with Crippen molar-refractivity contribution in [2.45, 2.75) is 31.9 Å². The number of carbonyl (C=O) groups excluding carboxylic acids is 1. The molecule has 0 spiro atoms. The fraction of sp³-hybridized carbons (Fsp3) is 0.435. The van der Waals surface area contributed by atoms with E-state index in [1.807, 2.05) is 36.2 Å². The summed E-state index contributed by atoms with van der Waals surface area (Å²) in [4.78, 5) is 16.4. The van der Waals surface area contributed by atoms with Crippen LogP contribution in [-0.2, 0) is 17.4 Å². The Morgan fingerprint density at radius 1 is 1.03 bits per heavy atom. The molecule has 1 amide bonds. The molecule has 0 aliphatic carbocycles. The Labute approximate surface area is 189 Å². The molecule has 168 valence electrons. The summed E-state index contributed by atoms with van der Waals surface area (Å²) in [7, 11) is 2.00. The molecule has 1 N–H and O–H groups in total. The van der Waals surface area contributed by atoms with Crippen LogP contribution in [0.4, 0.5) is 24.5 Å². The van der Waals surface area contributed by atoms with Gasteiger partial charge < -0.3 is 15.1 Å². The molecule has 3 rings (SSSR count). The predicted octanol–water partition coefficient (Wildman–Crippen LogP) is 5.57. The van der Waals surface area contributed by atoms with Crippen molar-refractivity contribution in [2.24, 2.45) is 0 Å². The van der Waals surface area contributed by atoms with Crippen LogP contribution >= 0.6 is 15.9 Å². The average Bonchev–Trinajstić information content (AvgIpc) is 2.73. The third-order valence-electron chi connectivity index (χ3n) is 5.48. The van der Waals surface area contributed by atoms with Gasteiger partial charge in [-0.1, -0.05) is 28.1 Å². The van der Waals surface area contributed by atoms with E-state index in [0.29, 0.717) is 25.2 Å². The van der Waals surface area contributed by atoms with E-state index in [1.165, 1.54) is 11.6 Å². The minimum Gasteiger partial charge on any atom is -0.369 e. The van der Waals surface area contributed by atoms with E-state index in [4.69, 9.17) is 0 Å². The number of anilines is 2. The zero-order valence-corrected chi connectivity index (χ0v) is 19.1. The van der Waals surface area contributed by atoms with Crippen LogP contribution in [0, 0.1) is 0 Å². The lowest BCUT2D eigenvalue weighted by Gasteiger charge is -2.34. The summed E-state index contributed by atoms with van der Waals surface area (Å²) in [5.41, 5.74) is 0.728. The normalized spacial score (nSPS) is 15.2. The largest absolute Gasteiger partial charge is 0.418 e. The second-order valence-electron chi connectivity index (χ2n) is 7.90. The zero-order chi connectivity index (χ0) is 22.4. The van der Waals surface area contributed by atoms with E-state index >= 15 is 0 Å². The van der Waals surface area contributed by atoms with Crippen LogP contribution in [0.3, 0.4) is 0 Å². The highest BCUT2D eigenvalue weighted by Gasteiger charge is 2.34. The van der Waals surface area contributed by atoms with Gasteiger partial charge in [-0.15, -0.1) is 0 Å². The van der Waals surface area contributed by atoms with E-state index in [1.54, 1.807) is 6.07 Å². The number of alkyl halides is 3. The molecule has 0 atom stereocenters. The van der Waals surface area contributed by atoms with Gasteiger partial charge >= 0.3 is 6.18 Å². The van der Waals surface area contributed by atoms with E-state index in [2.05, 4.69) is 26.1 Å². The van der Waals surface area contributed by atoms with Crippen LogP contribution in [0.2, 0.25) is 0 Å². The summed E-state index contributed by atoms with van der Waals surface area (Å²) in [5.74, 6) is -0.395. The third-order valence-corrected chi connectivity index (χ3v) is 6.01. The van der Waals surface area contributed by atoms with Crippen molar-refractivity contribution in [3.63, 3.8) is 0 Å². The van der Waals surface area contributed by atoms with Gasteiger partial charge in [0.15, 0.2) is 0 Å². The molecule has 1 aliphatic rings. The molecule has 1 aliphatic heterocycles. The Balaban J connectivity index is 1.57. The van der Waals surface area contributed by atoms with Crippen molar-refractivity contribution >= 4 is 33.2 Å². The molecular formula is C23H27BrF3N3O. The van der Waals surface area contributed by atoms with Gasteiger partial charge in [-0.2, -0.15) is 13.2 Å². The first-order chi connectivity index (χ1) is 14.7. The lowest BCUT2D eigenvalue weighted by Crippen LogP contribution is -2.44. The molecule has 1 fully saturated rings. The minimum atomic E-state index is -4.53. The molecular weight excluding hydrogens is 471 g/mol. The molecule has 1 heterocycles. The molecule has 1 saturated heterocycles. The average molecular weight is 498 g/mol. The fourth-order valence-electron chi connectivity index (χ4n) is 3.62. The van der Waals surface area contributed by atoms with E-state index in [9.17, 15) is 18.0 Å². The van der Waals surface area contributed by atoms with Crippen molar-refractivity contribution in [3.05, 3.63) is 58.1 Å². The number of nitrogens with zero attached hydrogens (tertiary/aromatic N) is 2. The third kappa shape index (κ3) is 6.97. The number of amides is 1. The van der Waals surface area contributed by atoms with Crippen LogP contribution in [0.15, 0.2) is 46.9 Å². The second kappa shape index (κ2) is 10.5. The summed E-state index contributed by atoms with van der Waals surface area (Å²) in [5, 5.41) is 2.47. The number of likely N-dealkylation sites (N-methyl/N-ethyl adjacent to an activating group) is 1. The second-order valence-corrected chi connectivity index (χ2v) is 8.82. The first kappa shape index (κ1) is 23.6. The van der Waals surface area contributed by atoms with Crippen LogP contribution in [0.25, 0.3) is 0 Å². The van der Waals surface area contributed by atoms with Gasteiger partial charge in [-0.3, -0.25) is 4.79 Å². The topological polar surface area (TPSA) is 35.6 Å². The molecule has 0 unspecified atom stereocenters. The van der Waals surface area contributed by atoms with Gasteiger partial charge in [0.2, 0.25) is 5.91 Å². The van der Waals surface area contributed by atoms with Crippen LogP contribution in [0.1, 0.15) is 30.4 Å². The quantitative estimate of drug-likeness (QED) is 0.507. The maximum atomic E-state index is 13.6. The first-order valence-electron chi connectivity index (χ1n) is 10.4. The number of rotatable bonds is 7. The summed E-state index contributed by atoms with van der Waals surface area (Å²) >= 11 is 3.39. The summed E-state index contributed by atoms with van der Waals surface area (Å²) in [6, 6.07) is 12.1. The monoisotopic (exact) mass is 497 g/mol. The Bertz CT molecular complexity index is 879. The Kier molecular flexibility index (Phi) is 8.00. The van der Waals surface area contributed by atoms with Crippen molar-refractivity contribution in [2.75, 3.05) is 43.4 Å². The maximum Gasteiger partial charge on any atom is 0.418 e. The van der Waals surface area contributed by atoms with E-state index in [-0.39, 0.29) is 12.1 Å². The van der Waals surface area contributed by atoms with Crippen LogP contribution in [0.5, 0.6) is 0 Å². The molecule has 0 radical (unpaired) electrons. The Hall–Kier alpha value is -2.06. The van der Waals surface area contributed by atoms with Gasteiger partial charge in [0.25, 0.3) is 0 Å². The van der Waals surface area contributed by atoms with Gasteiger partial charge in [-0.05, 0) is 62.2 Å². The van der Waals surface area contributed by atoms with Crippen molar-refractivity contribution in [1.29, 1.82) is 0 Å². The Morgan fingerprint density at radius 3 is 2.35 bits per heavy atom. The fourth-order valence-corrected chi connectivity index (χ4v) is 3.88. The number of hydrogen-bond acceptors (Lipinski definition) is 3. The molecule has 0 bridgehead atoms. The predicted molar refractivity (Wildman–Crippen MR) is 121 cm³/mol. The number of hydrogen-bond donors (Lipinski definition) is 1. The smallest absolute Gasteiger partial charge is 0.369 e. The lowest BCUT2D eigenvalue weighted by molar-refractivity contribution is -0.136. The van der Waals surface area contributed by atoms with Gasteiger partial charge in [0, 0.05) is 42.8 Å². The maximum absolute atomic E-state index is 13.6. The number of piperazine rings is 1. The SMILES string of the molecule is CN1CCN(c2ccc(NC(=O)CCCCc3ccc(Br)cc3)c(C(F)(F)F)c2)CC1. The zero-order valence-electron chi connectivity index (χ0n) is 17.5. The highest BCUT2D eigenvalue weighted by molar-refractivity contribution is 9.10. The minimum absolute atomic E-state index is 0.178. The highest BCUT2D eigenvalue weighted by Crippen LogP contribution is 2.37. The van der Waals surface area contributed by atoms with Crippen molar-refractivity contribution in [1.82, 2.24) is 4.90 Å². The molecule has 2 aromatic carbocycles. The lowest BCUT2D eigenvalue weighted by atomic mass is 10.1. The van der Waals surface area contributed by atoms with Crippen molar-refractivity contribution in [3.8, 4) is 0 Å². The number of aryl methyl sites for hydroxylation is 1. The summed E-state index contributed by atoms with van der Waals surface area (Å²) in [6.45, 7) is 2.97. The standard InChI is InChI=1S/C23H27BrF3N3O/c1-29-12-14-30(15-13-29)19-10-11-21(20(16-19)23(25,26)27)28-22(31)5-3-2-4-17-6-8-18(24)9-7-17/h6-11,16H,2-5,12-15H2,1H3,(H,28,31). The first-order valence-corrected chi connectivity index (χ1v) is 11.2. The van der Waals surface area contributed by atoms with Gasteiger partial charge in [0.05, 0.1) is 11.3 Å². The van der Waals surface area contributed by atoms with Gasteiger partial charge in [-0.25, -0.2) is 0 Å². The van der Waals surface area contributed by atoms with Crippen LogP contribution < -0.4 is 10.2 Å². The molecule has 4 nitrogen and oxygen atoms in total. The molecule has 31 heavy (non-hydrogen) atoms. The van der Waals surface area contributed by atoms with E-state index in [0.717, 1.165) is 36.5 Å². The summed E-state index contributed by atoms with van der Waals surface area (Å²) < 4.78 is 42.0. The van der Waals surface area contributed by atoms with Gasteiger partial charge in [0.1, 0.15) is 0 Å².